The van der Waals surface area contributed by atoms with Gasteiger partial charge in [-0.3, -0.25) is 0 Å². The van der Waals surface area contributed by atoms with Gasteiger partial charge in [0.2, 0.25) is 0 Å². The number of hydrogen-bond donors (Lipinski definition) is 0. The molecule has 0 nitrogen and oxygen atoms in total. The van der Waals surface area contributed by atoms with Gasteiger partial charge in [0.25, 0.3) is 0 Å². The van der Waals surface area contributed by atoms with Crippen molar-refractivity contribution in [3.8, 4) is 0 Å². The second-order valence-electron chi connectivity index (χ2n) is 8.67. The topological polar surface area (TPSA) is 0 Å². The smallest absolute Gasteiger partial charge is 0.0129 e. The molecule has 0 saturated carbocycles. The highest BCUT2D eigenvalue weighted by molar-refractivity contribution is 5.35. The van der Waals surface area contributed by atoms with Crippen molar-refractivity contribution in [2.45, 2.75) is 71.6 Å². The molecule has 0 amide bonds. The Kier molecular flexibility index (Phi) is 5.34. The molecule has 0 heteroatoms. The van der Waals surface area contributed by atoms with Crippen LogP contribution in [0.5, 0.6) is 0 Å². The van der Waals surface area contributed by atoms with Crippen molar-refractivity contribution in [1.82, 2.24) is 0 Å². The zero-order valence-corrected chi connectivity index (χ0v) is 15.7. The first-order valence-electron chi connectivity index (χ1n) is 8.86. The molecule has 0 atom stereocenters. The summed E-state index contributed by atoms with van der Waals surface area (Å²) in [7, 11) is 0. The minimum absolute atomic E-state index is 0.222. The highest BCUT2D eigenvalue weighted by Crippen LogP contribution is 2.29. The molecule has 2 aromatic rings. The molecule has 0 aliphatic heterocycles. The Morgan fingerprint density at radius 2 is 0.913 bits per heavy atom. The Morgan fingerprint density at radius 1 is 0.565 bits per heavy atom. The molecule has 2 rings (SSSR count). The average Bonchev–Trinajstić information content (AvgIpc) is 2.46. The van der Waals surface area contributed by atoms with Crippen molar-refractivity contribution < 1.29 is 0 Å². The zero-order chi connectivity index (χ0) is 17.1. The van der Waals surface area contributed by atoms with E-state index in [9.17, 15) is 0 Å². The lowest BCUT2D eigenvalue weighted by atomic mass is 9.81. The van der Waals surface area contributed by atoms with Gasteiger partial charge in [0.15, 0.2) is 0 Å². The SMILES string of the molecule is CC(C)(C)c1ccccc1CCCc1ccccc1C(C)(C)C. The zero-order valence-electron chi connectivity index (χ0n) is 15.7. The third-order valence-corrected chi connectivity index (χ3v) is 4.54. The molecule has 0 spiro atoms. The van der Waals surface area contributed by atoms with Gasteiger partial charge in [0, 0.05) is 0 Å². The summed E-state index contributed by atoms with van der Waals surface area (Å²) >= 11 is 0. The van der Waals surface area contributed by atoms with Crippen molar-refractivity contribution in [1.29, 1.82) is 0 Å². The lowest BCUT2D eigenvalue weighted by Gasteiger charge is -2.24. The van der Waals surface area contributed by atoms with E-state index in [0.29, 0.717) is 0 Å². The lowest BCUT2D eigenvalue weighted by Crippen LogP contribution is -2.15. The maximum atomic E-state index is 2.31. The molecule has 0 fully saturated rings. The first kappa shape index (κ1) is 17.8. The van der Waals surface area contributed by atoms with E-state index >= 15 is 0 Å². The number of hydrogen-bond acceptors (Lipinski definition) is 0. The van der Waals surface area contributed by atoms with Gasteiger partial charge in [-0.05, 0) is 52.3 Å². The van der Waals surface area contributed by atoms with Crippen molar-refractivity contribution in [2.75, 3.05) is 0 Å². The Labute approximate surface area is 143 Å². The van der Waals surface area contributed by atoms with Crippen LogP contribution in [0.1, 0.15) is 70.2 Å². The highest BCUT2D eigenvalue weighted by Gasteiger charge is 2.18. The molecule has 0 aliphatic carbocycles. The van der Waals surface area contributed by atoms with E-state index in [1.807, 2.05) is 0 Å². The Balaban J connectivity index is 2.11. The quantitative estimate of drug-likeness (QED) is 0.608. The van der Waals surface area contributed by atoms with Crippen LogP contribution in [0.2, 0.25) is 0 Å². The minimum Gasteiger partial charge on any atom is -0.0620 e. The predicted molar refractivity (Wildman–Crippen MR) is 102 cm³/mol. The molecule has 0 aliphatic rings. The van der Waals surface area contributed by atoms with Gasteiger partial charge in [-0.2, -0.15) is 0 Å². The molecular weight excluding hydrogens is 276 g/mol. The van der Waals surface area contributed by atoms with Crippen molar-refractivity contribution in [3.63, 3.8) is 0 Å². The Morgan fingerprint density at radius 3 is 1.26 bits per heavy atom. The molecule has 0 aromatic heterocycles. The second kappa shape index (κ2) is 6.91. The van der Waals surface area contributed by atoms with Crippen LogP contribution in [0.25, 0.3) is 0 Å². The van der Waals surface area contributed by atoms with E-state index in [2.05, 4.69) is 90.1 Å². The van der Waals surface area contributed by atoms with E-state index in [0.717, 1.165) is 12.8 Å². The van der Waals surface area contributed by atoms with Crippen LogP contribution in [0.15, 0.2) is 48.5 Å². The third kappa shape index (κ3) is 4.70. The van der Waals surface area contributed by atoms with E-state index in [1.165, 1.54) is 28.7 Å². The Bertz CT molecular complexity index is 578. The monoisotopic (exact) mass is 308 g/mol. The van der Waals surface area contributed by atoms with E-state index < -0.39 is 0 Å². The fourth-order valence-corrected chi connectivity index (χ4v) is 3.41. The highest BCUT2D eigenvalue weighted by atomic mass is 14.2. The van der Waals surface area contributed by atoms with Crippen molar-refractivity contribution in [2.24, 2.45) is 0 Å². The number of benzene rings is 2. The summed E-state index contributed by atoms with van der Waals surface area (Å²) in [6.07, 6.45) is 3.53. The second-order valence-corrected chi connectivity index (χ2v) is 8.67. The molecule has 0 radical (unpaired) electrons. The summed E-state index contributed by atoms with van der Waals surface area (Å²) in [5.41, 5.74) is 6.44. The molecule has 0 heterocycles. The van der Waals surface area contributed by atoms with E-state index in [4.69, 9.17) is 0 Å². The maximum Gasteiger partial charge on any atom is -0.0129 e. The summed E-state index contributed by atoms with van der Waals surface area (Å²) in [5.74, 6) is 0. The number of rotatable bonds is 4. The number of aryl methyl sites for hydroxylation is 2. The molecule has 2 aromatic carbocycles. The normalized spacial score (nSPS) is 12.4. The molecular formula is C23H32. The van der Waals surface area contributed by atoms with Crippen LogP contribution >= 0.6 is 0 Å². The molecule has 0 N–H and O–H groups in total. The molecule has 0 saturated heterocycles. The van der Waals surface area contributed by atoms with Gasteiger partial charge in [0.05, 0.1) is 0 Å². The van der Waals surface area contributed by atoms with Gasteiger partial charge in [-0.1, -0.05) is 90.1 Å². The van der Waals surface area contributed by atoms with Gasteiger partial charge >= 0.3 is 0 Å². The largest absolute Gasteiger partial charge is 0.0620 e. The molecule has 23 heavy (non-hydrogen) atoms. The summed E-state index contributed by atoms with van der Waals surface area (Å²) in [4.78, 5) is 0. The molecule has 124 valence electrons. The van der Waals surface area contributed by atoms with E-state index in [1.54, 1.807) is 0 Å². The van der Waals surface area contributed by atoms with Crippen LogP contribution in [0.3, 0.4) is 0 Å². The standard InChI is InChI=1S/C23H32/c1-22(2,3)20-16-9-7-12-18(20)14-11-15-19-13-8-10-17-21(19)23(4,5)6/h7-10,12-13,16-17H,11,14-15H2,1-6H3. The first-order valence-corrected chi connectivity index (χ1v) is 8.86. The van der Waals surface area contributed by atoms with Crippen molar-refractivity contribution in [3.05, 3.63) is 70.8 Å². The van der Waals surface area contributed by atoms with Crippen LogP contribution in [0.4, 0.5) is 0 Å². The maximum absolute atomic E-state index is 2.31. The summed E-state index contributed by atoms with van der Waals surface area (Å²) in [6.45, 7) is 13.8. The predicted octanol–water partition coefficient (Wildman–Crippen LogP) is 6.46. The summed E-state index contributed by atoms with van der Waals surface area (Å²) in [5, 5.41) is 0. The third-order valence-electron chi connectivity index (χ3n) is 4.54. The summed E-state index contributed by atoms with van der Waals surface area (Å²) in [6, 6.07) is 17.9. The van der Waals surface area contributed by atoms with Crippen molar-refractivity contribution >= 4 is 0 Å². The van der Waals surface area contributed by atoms with Crippen LogP contribution < -0.4 is 0 Å². The first-order chi connectivity index (χ1) is 10.7. The fourth-order valence-electron chi connectivity index (χ4n) is 3.41. The van der Waals surface area contributed by atoms with Gasteiger partial charge in [-0.25, -0.2) is 0 Å². The van der Waals surface area contributed by atoms with Gasteiger partial charge in [-0.15, -0.1) is 0 Å². The summed E-state index contributed by atoms with van der Waals surface area (Å²) < 4.78 is 0. The Hall–Kier alpha value is -1.56. The van der Waals surface area contributed by atoms with Crippen LogP contribution in [-0.2, 0) is 23.7 Å². The van der Waals surface area contributed by atoms with Crippen LogP contribution in [0, 0.1) is 0 Å². The minimum atomic E-state index is 0.222. The van der Waals surface area contributed by atoms with Crippen LogP contribution in [-0.4, -0.2) is 0 Å². The molecule has 0 unspecified atom stereocenters. The van der Waals surface area contributed by atoms with Gasteiger partial charge in [0.1, 0.15) is 0 Å². The van der Waals surface area contributed by atoms with Gasteiger partial charge < -0.3 is 0 Å². The van der Waals surface area contributed by atoms with E-state index in [-0.39, 0.29) is 10.8 Å². The average molecular weight is 309 g/mol. The lowest BCUT2D eigenvalue weighted by molar-refractivity contribution is 0.575. The molecule has 0 bridgehead atoms. The fraction of sp³-hybridized carbons (Fsp3) is 0.478.